The molecule has 0 heterocycles. The number of nitrogens with one attached hydrogen (secondary N) is 2. The van der Waals surface area contributed by atoms with Crippen LogP contribution in [0.2, 0.25) is 0 Å². The van der Waals surface area contributed by atoms with Gasteiger partial charge in [-0.15, -0.1) is 0 Å². The molecule has 0 saturated heterocycles. The molecular weight excluding hydrogens is 308 g/mol. The molecule has 3 N–H and O–H groups in total. The second-order valence-corrected chi connectivity index (χ2v) is 5.19. The lowest BCUT2D eigenvalue weighted by Gasteiger charge is -2.08. The maximum absolute atomic E-state index is 12.2. The van der Waals surface area contributed by atoms with Crippen LogP contribution in [0.25, 0.3) is 0 Å². The molecular formula is C18H20N2O4. The topological polar surface area (TPSA) is 87.7 Å². The molecule has 0 spiro atoms. The fourth-order valence-corrected chi connectivity index (χ4v) is 2.20. The van der Waals surface area contributed by atoms with Crippen LogP contribution in [0.15, 0.2) is 48.5 Å². The van der Waals surface area contributed by atoms with Gasteiger partial charge in [0.05, 0.1) is 7.11 Å². The number of carbonyl (C=O) groups is 2. The van der Waals surface area contributed by atoms with Crippen molar-refractivity contribution in [2.75, 3.05) is 25.5 Å². The van der Waals surface area contributed by atoms with E-state index < -0.39 is 5.97 Å². The van der Waals surface area contributed by atoms with E-state index >= 15 is 0 Å². The zero-order valence-electron chi connectivity index (χ0n) is 13.4. The molecule has 0 bridgehead atoms. The maximum Gasteiger partial charge on any atom is 0.322 e. The first-order valence-corrected chi connectivity index (χ1v) is 7.55. The highest BCUT2D eigenvalue weighted by atomic mass is 16.5. The highest BCUT2D eigenvalue weighted by molar-refractivity contribution is 5.95. The molecule has 6 nitrogen and oxygen atoms in total. The van der Waals surface area contributed by atoms with Crippen molar-refractivity contribution in [2.24, 2.45) is 0 Å². The number of hydrogen-bond donors (Lipinski definition) is 3. The van der Waals surface area contributed by atoms with E-state index in [4.69, 9.17) is 9.84 Å². The van der Waals surface area contributed by atoms with E-state index in [2.05, 4.69) is 10.6 Å². The lowest BCUT2D eigenvalue weighted by atomic mass is 10.1. The molecule has 6 heteroatoms. The standard InChI is InChI=1S/C18H20N2O4/c1-24-16-7-2-4-13(10-16)8-9-19-18(23)14-5-3-6-15(11-14)20-12-17(21)22/h2-7,10-11,20H,8-9,12H2,1H3,(H,19,23)(H,21,22). The zero-order chi connectivity index (χ0) is 17.4. The van der Waals surface area contributed by atoms with E-state index in [1.165, 1.54) is 0 Å². The first-order valence-electron chi connectivity index (χ1n) is 7.55. The normalized spacial score (nSPS) is 10.0. The molecule has 0 aromatic heterocycles. The van der Waals surface area contributed by atoms with Gasteiger partial charge in [0.25, 0.3) is 5.91 Å². The molecule has 2 aromatic carbocycles. The van der Waals surface area contributed by atoms with Crippen LogP contribution in [0, 0.1) is 0 Å². The van der Waals surface area contributed by atoms with Crippen molar-refractivity contribution in [3.05, 3.63) is 59.7 Å². The van der Waals surface area contributed by atoms with Gasteiger partial charge < -0.3 is 20.5 Å². The molecule has 0 radical (unpaired) electrons. The van der Waals surface area contributed by atoms with E-state index in [9.17, 15) is 9.59 Å². The van der Waals surface area contributed by atoms with E-state index in [1.807, 2.05) is 24.3 Å². The average Bonchev–Trinajstić information content (AvgIpc) is 2.60. The summed E-state index contributed by atoms with van der Waals surface area (Å²) in [6.07, 6.45) is 0.694. The van der Waals surface area contributed by atoms with Crippen molar-refractivity contribution in [3.8, 4) is 5.75 Å². The minimum Gasteiger partial charge on any atom is -0.497 e. The van der Waals surface area contributed by atoms with Gasteiger partial charge in [0.2, 0.25) is 0 Å². The number of hydrogen-bond acceptors (Lipinski definition) is 4. The Bertz CT molecular complexity index is 716. The van der Waals surface area contributed by atoms with E-state index in [1.54, 1.807) is 31.4 Å². The number of amides is 1. The third-order valence-corrected chi connectivity index (χ3v) is 3.40. The Morgan fingerprint density at radius 2 is 1.92 bits per heavy atom. The van der Waals surface area contributed by atoms with Crippen molar-refractivity contribution in [3.63, 3.8) is 0 Å². The predicted octanol–water partition coefficient (Wildman–Crippen LogP) is 2.16. The number of anilines is 1. The summed E-state index contributed by atoms with van der Waals surface area (Å²) in [5.74, 6) is -0.365. The largest absolute Gasteiger partial charge is 0.497 e. The Morgan fingerprint density at radius 1 is 1.12 bits per heavy atom. The number of benzene rings is 2. The highest BCUT2D eigenvalue weighted by Crippen LogP contribution is 2.13. The number of rotatable bonds is 8. The smallest absolute Gasteiger partial charge is 0.322 e. The number of carbonyl (C=O) groups excluding carboxylic acids is 1. The van der Waals surface area contributed by atoms with Crippen LogP contribution in [0.3, 0.4) is 0 Å². The molecule has 0 fully saturated rings. The molecule has 1 amide bonds. The lowest BCUT2D eigenvalue weighted by molar-refractivity contribution is -0.134. The Labute approximate surface area is 140 Å². The molecule has 0 atom stereocenters. The van der Waals surface area contributed by atoms with Gasteiger partial charge >= 0.3 is 5.97 Å². The second-order valence-electron chi connectivity index (χ2n) is 5.19. The van der Waals surface area contributed by atoms with Crippen molar-refractivity contribution in [2.45, 2.75) is 6.42 Å². The minimum atomic E-state index is -0.955. The summed E-state index contributed by atoms with van der Waals surface area (Å²) in [4.78, 5) is 22.7. The number of carboxylic acid groups (broad SMARTS) is 1. The molecule has 0 aliphatic rings. The third-order valence-electron chi connectivity index (χ3n) is 3.40. The molecule has 2 aromatic rings. The van der Waals surface area contributed by atoms with Crippen LogP contribution >= 0.6 is 0 Å². The van der Waals surface area contributed by atoms with Crippen LogP contribution in [-0.4, -0.2) is 37.2 Å². The lowest BCUT2D eigenvalue weighted by Crippen LogP contribution is -2.25. The van der Waals surface area contributed by atoms with Crippen molar-refractivity contribution < 1.29 is 19.4 Å². The number of carboxylic acids is 1. The second kappa shape index (κ2) is 8.57. The van der Waals surface area contributed by atoms with Crippen LogP contribution in [-0.2, 0) is 11.2 Å². The molecule has 126 valence electrons. The summed E-state index contributed by atoms with van der Waals surface area (Å²) >= 11 is 0. The van der Waals surface area contributed by atoms with Gasteiger partial charge in [-0.3, -0.25) is 9.59 Å². The van der Waals surface area contributed by atoms with Gasteiger partial charge in [0, 0.05) is 17.8 Å². The summed E-state index contributed by atoms with van der Waals surface area (Å²) in [6, 6.07) is 14.4. The van der Waals surface area contributed by atoms with Crippen molar-refractivity contribution in [1.29, 1.82) is 0 Å². The molecule has 0 aliphatic heterocycles. The third kappa shape index (κ3) is 5.31. The van der Waals surface area contributed by atoms with Gasteiger partial charge in [0.1, 0.15) is 12.3 Å². The van der Waals surface area contributed by atoms with Gasteiger partial charge in [-0.1, -0.05) is 18.2 Å². The summed E-state index contributed by atoms with van der Waals surface area (Å²) in [5, 5.41) is 14.3. The Kier molecular flexibility index (Phi) is 6.19. The molecule has 0 saturated carbocycles. The monoisotopic (exact) mass is 328 g/mol. The fourth-order valence-electron chi connectivity index (χ4n) is 2.20. The summed E-state index contributed by atoms with van der Waals surface area (Å²) in [5.41, 5.74) is 2.15. The van der Waals surface area contributed by atoms with Gasteiger partial charge in [-0.05, 0) is 42.3 Å². The van der Waals surface area contributed by atoms with Crippen LogP contribution in [0.4, 0.5) is 5.69 Å². The zero-order valence-corrected chi connectivity index (χ0v) is 13.4. The summed E-state index contributed by atoms with van der Waals surface area (Å²) in [7, 11) is 1.62. The van der Waals surface area contributed by atoms with Gasteiger partial charge in [-0.2, -0.15) is 0 Å². The van der Waals surface area contributed by atoms with Crippen molar-refractivity contribution in [1.82, 2.24) is 5.32 Å². The van der Waals surface area contributed by atoms with E-state index in [0.29, 0.717) is 24.2 Å². The number of aliphatic carboxylic acids is 1. The Morgan fingerprint density at radius 3 is 2.67 bits per heavy atom. The Hall–Kier alpha value is -3.02. The van der Waals surface area contributed by atoms with E-state index in [0.717, 1.165) is 11.3 Å². The number of ether oxygens (including phenoxy) is 1. The van der Waals surface area contributed by atoms with E-state index in [-0.39, 0.29) is 12.5 Å². The quantitative estimate of drug-likeness (QED) is 0.691. The predicted molar refractivity (Wildman–Crippen MR) is 91.6 cm³/mol. The first-order chi connectivity index (χ1) is 11.6. The summed E-state index contributed by atoms with van der Waals surface area (Å²) in [6.45, 7) is 0.305. The molecule has 0 aliphatic carbocycles. The first kappa shape index (κ1) is 17.3. The molecule has 0 unspecified atom stereocenters. The van der Waals surface area contributed by atoms with Crippen molar-refractivity contribution >= 4 is 17.6 Å². The molecule has 24 heavy (non-hydrogen) atoms. The van der Waals surface area contributed by atoms with Gasteiger partial charge in [0.15, 0.2) is 0 Å². The maximum atomic E-state index is 12.2. The highest BCUT2D eigenvalue weighted by Gasteiger charge is 2.06. The van der Waals surface area contributed by atoms with Crippen LogP contribution in [0.5, 0.6) is 5.75 Å². The summed E-state index contributed by atoms with van der Waals surface area (Å²) < 4.78 is 5.17. The average molecular weight is 328 g/mol. The fraction of sp³-hybridized carbons (Fsp3) is 0.222. The molecule has 2 rings (SSSR count). The van der Waals surface area contributed by atoms with Crippen LogP contribution in [0.1, 0.15) is 15.9 Å². The Balaban J connectivity index is 1.87. The SMILES string of the molecule is COc1cccc(CCNC(=O)c2cccc(NCC(=O)O)c2)c1. The van der Waals surface area contributed by atoms with Gasteiger partial charge in [-0.25, -0.2) is 0 Å². The minimum absolute atomic E-state index is 0.194. The van der Waals surface area contributed by atoms with Crippen LogP contribution < -0.4 is 15.4 Å². The number of methoxy groups -OCH3 is 1.